The van der Waals surface area contributed by atoms with Crippen LogP contribution in [-0.2, 0) is 35.9 Å². The topological polar surface area (TPSA) is 450 Å². The summed E-state index contributed by atoms with van der Waals surface area (Å²) in [5.41, 5.74) is 14.0. The highest BCUT2D eigenvalue weighted by atomic mass is 79.9. The van der Waals surface area contributed by atoms with Crippen molar-refractivity contribution in [3.63, 3.8) is 0 Å². The number of nitrogens with one attached hydrogen (secondary N) is 1. The van der Waals surface area contributed by atoms with Crippen molar-refractivity contribution in [1.29, 1.82) is 0 Å². The smallest absolute Gasteiger partial charge is 0.478 e. The molecule has 1 amide bonds. The maximum atomic E-state index is 12.8. The number of aliphatic hydroxyl groups is 2. The summed E-state index contributed by atoms with van der Waals surface area (Å²) in [6.07, 6.45) is 18.0. The van der Waals surface area contributed by atoms with Crippen molar-refractivity contribution < 1.29 is 73.6 Å². The van der Waals surface area contributed by atoms with E-state index < -0.39 is 38.1 Å². The number of pyridine rings is 4. The predicted octanol–water partition coefficient (Wildman–Crippen LogP) is 19.5. The molecule has 0 spiro atoms. The van der Waals surface area contributed by atoms with E-state index in [1.165, 1.54) is 51.7 Å². The molecule has 0 bridgehead atoms. The van der Waals surface area contributed by atoms with Crippen LogP contribution in [0.2, 0.25) is 25.1 Å². The van der Waals surface area contributed by atoms with Crippen LogP contribution in [-0.4, -0.2) is 214 Å². The Kier molecular flexibility index (Phi) is 43.9. The number of carbonyl (C=O) groups excluding carboxylic acids is 4. The highest BCUT2D eigenvalue weighted by molar-refractivity contribution is 9.11. The van der Waals surface area contributed by atoms with Gasteiger partial charge in [0.05, 0.1) is 98.7 Å². The summed E-state index contributed by atoms with van der Waals surface area (Å²) in [6, 6.07) is 47.7. The second-order valence-corrected chi connectivity index (χ2v) is 40.7. The highest BCUT2D eigenvalue weighted by Gasteiger charge is 2.28. The second kappa shape index (κ2) is 54.6. The van der Waals surface area contributed by atoms with Gasteiger partial charge >= 0.3 is 38.1 Å². The van der Waals surface area contributed by atoms with Gasteiger partial charge in [-0.3, -0.25) is 24.7 Å². The van der Waals surface area contributed by atoms with Gasteiger partial charge in [-0.25, -0.2) is 69.0 Å². The number of aromatic carboxylic acids is 1. The second-order valence-electron chi connectivity index (χ2n) is 36.5. The minimum Gasteiger partial charge on any atom is -0.478 e. The standard InChI is InChI=1S/C25H27ClN4O2.C21H20ClN3O2.C20H18ClN3O2.C12H8BrClN2O2.C9H14BNO2.C8H8BClO4.C5H11NO.C4H2Br2N2/c1-25(2,3)22-15-16(6-10-27-22)23-28-11-7-21(29-23)19-5-4-17(14-20(19)26)24(32)30-12-8-18(31)9-13-30;1-21(2,3)18-12-13(7-9-23-18)19-24-10-8-17(25-19)15-6-5-14(11-16(15)22)20(26)27-4;1-20(2,3)17-11-12(6-8-22-17)18-23-9-7-16(24-18)14-5-4-13(19(25)26)10-15(14)21;1-18-11(17)7-2-3-8(9(14)6-7)10-4-5-15-12(13)16-10;1-9(2,3)8-6-7(10(12)13)4-5-11-8;1-14-8(11)5-2-3-6(9(12)13)7(10)4-5;7-5-1-3-6-4-2-5;5-3-1-2-7-4(6)8-3/h4-7,10-11,14-15,18,31H,8-9,12-13H2,1-3H3;5-12H,1-4H3;4-11H,1-3H3,(H,25,26);2-6H,1H3;4-6,12-13H,1-3H3;2-4,12-13H,1H3;5-7H,1-4H2;1-2H. The number of carboxylic acid groups (broad SMARTS) is 1. The average molecular weight is 2260 g/mol. The van der Waals surface area contributed by atoms with Crippen molar-refractivity contribution in [2.75, 3.05) is 47.5 Å². The van der Waals surface area contributed by atoms with Gasteiger partial charge < -0.3 is 59.8 Å². The van der Waals surface area contributed by atoms with Crippen LogP contribution < -0.4 is 16.2 Å². The Hall–Kier alpha value is -11.8. The van der Waals surface area contributed by atoms with Crippen molar-refractivity contribution >= 4 is 161 Å². The Bertz CT molecular complexity index is 6800. The van der Waals surface area contributed by atoms with Crippen molar-refractivity contribution in [3.8, 4) is 79.2 Å². The molecular weight excluding hydrogens is 2150 g/mol. The highest BCUT2D eigenvalue weighted by Crippen LogP contribution is 2.36. The van der Waals surface area contributed by atoms with Gasteiger partial charge in [0, 0.05) is 168 Å². The molecule has 0 aliphatic carbocycles. The number of methoxy groups -OCH3 is 3. The summed E-state index contributed by atoms with van der Waals surface area (Å²) in [6.45, 7) is 28.1. The first-order valence-corrected chi connectivity index (χ1v) is 49.4. The number of rotatable bonds is 14. The van der Waals surface area contributed by atoms with Crippen LogP contribution >= 0.6 is 106 Å². The fourth-order valence-electron chi connectivity index (χ4n) is 13.4. The third-order valence-corrected chi connectivity index (χ3v) is 24.3. The lowest BCUT2D eigenvalue weighted by atomic mass is 9.78. The number of ether oxygens (including phenoxy) is 3. The van der Waals surface area contributed by atoms with E-state index in [0.29, 0.717) is 123 Å². The van der Waals surface area contributed by atoms with Crippen molar-refractivity contribution in [2.45, 2.75) is 143 Å². The molecule has 0 atom stereocenters. The van der Waals surface area contributed by atoms with Crippen LogP contribution in [0.15, 0.2) is 240 Å². The molecule has 2 aliphatic rings. The predicted molar refractivity (Wildman–Crippen MR) is 575 cm³/mol. The zero-order valence-electron chi connectivity index (χ0n) is 82.0. The number of carbonyl (C=O) groups is 5. The molecule has 0 saturated carbocycles. The van der Waals surface area contributed by atoms with Crippen LogP contribution in [0.5, 0.6) is 0 Å². The molecule has 2 aliphatic heterocycles. The number of aromatic nitrogens is 14. The molecule has 16 rings (SSSR count). The van der Waals surface area contributed by atoms with E-state index >= 15 is 0 Å². The lowest BCUT2D eigenvalue weighted by molar-refractivity contribution is 0.0542. The molecule has 756 valence electrons. The maximum absolute atomic E-state index is 12.8. The molecule has 9 aromatic heterocycles. The summed E-state index contributed by atoms with van der Waals surface area (Å²) in [5.74, 6) is -0.717. The molecule has 2 fully saturated rings. The number of nitrogens with zero attached hydrogens (tertiary/aromatic N) is 15. The number of hydrogen-bond acceptors (Lipinski definition) is 29. The van der Waals surface area contributed by atoms with E-state index in [1.54, 1.807) is 152 Å². The first kappa shape index (κ1) is 117. The molecule has 8 N–H and O–H groups in total. The Balaban J connectivity index is 0.000000192. The number of halogens is 8. The summed E-state index contributed by atoms with van der Waals surface area (Å²) in [4.78, 5) is 120. The monoisotopic (exact) mass is 2250 g/mol. The van der Waals surface area contributed by atoms with Gasteiger partial charge in [-0.1, -0.05) is 171 Å². The number of amides is 1. The number of carboxylic acids is 1. The summed E-state index contributed by atoms with van der Waals surface area (Å²) in [5, 5.41) is 68.1. The minimum atomic E-state index is -1.64. The number of benzene rings is 5. The minimum absolute atomic E-state index is 0.0266. The van der Waals surface area contributed by atoms with Gasteiger partial charge in [0.15, 0.2) is 26.9 Å². The number of esters is 3. The van der Waals surface area contributed by atoms with Gasteiger partial charge in [-0.2, -0.15) is 0 Å². The van der Waals surface area contributed by atoms with Crippen molar-refractivity contribution in [3.05, 3.63) is 315 Å². The zero-order valence-corrected chi connectivity index (χ0v) is 90.5. The molecule has 145 heavy (non-hydrogen) atoms. The van der Waals surface area contributed by atoms with Gasteiger partial charge in [0.25, 0.3) is 5.91 Å². The van der Waals surface area contributed by atoms with Gasteiger partial charge in [0.1, 0.15) is 4.60 Å². The average Bonchev–Trinajstić information content (AvgIpc) is 0.808. The summed E-state index contributed by atoms with van der Waals surface area (Å²) in [7, 11) is 0.858. The molecule has 5 aromatic carbocycles. The van der Waals surface area contributed by atoms with E-state index in [-0.39, 0.29) is 61.4 Å². The Morgan fingerprint density at radius 1 is 0.359 bits per heavy atom. The summed E-state index contributed by atoms with van der Waals surface area (Å²) < 4.78 is 15.7. The Morgan fingerprint density at radius 3 is 0.986 bits per heavy atom. The summed E-state index contributed by atoms with van der Waals surface area (Å²) >= 11 is 40.5. The van der Waals surface area contributed by atoms with E-state index in [2.05, 4.69) is 190 Å². The SMILES string of the molecule is Brc1ccnc(Br)n1.CC(C)(C)c1cc(-c2nccc(-c3ccc(C(=O)N4CCC(O)CC4)cc3Cl)n2)ccn1.CC(C)(C)c1cc(-c2nccc(-c3ccc(C(=O)O)cc3Cl)n2)ccn1.CC(C)(C)c1cc(B(O)O)ccn1.COC(=O)c1ccc(-c2ccnc(-c3ccnc(C(C)(C)C)c3)n2)c(Cl)c1.COC(=O)c1ccc(-c2ccnc(Br)n2)c(Cl)c1.COC(=O)c1ccc(B(O)O)c(Cl)c1.OC1CCNCC1. The lowest BCUT2D eigenvalue weighted by Gasteiger charge is -2.29. The molecule has 0 unspecified atom stereocenters. The number of hydrogen-bond donors (Lipinski definition) is 8. The van der Waals surface area contributed by atoms with Crippen LogP contribution in [0.3, 0.4) is 0 Å². The van der Waals surface area contributed by atoms with E-state index in [4.69, 9.17) is 98.0 Å². The molecular formula is C104H108B2Br3Cl5N16O15. The number of likely N-dealkylation sites (tertiary alicyclic amines) is 1. The molecule has 31 nitrogen and oxygen atoms in total. The maximum Gasteiger partial charge on any atom is 0.489 e. The van der Waals surface area contributed by atoms with Crippen LogP contribution in [0.1, 0.15) is 183 Å². The van der Waals surface area contributed by atoms with Crippen LogP contribution in [0.25, 0.3) is 79.2 Å². The Morgan fingerprint density at radius 2 is 0.669 bits per heavy atom. The first-order valence-electron chi connectivity index (χ1n) is 45.1. The molecule has 41 heteroatoms. The largest absolute Gasteiger partial charge is 0.489 e. The fraction of sp³-hybridized carbons (Fsp3) is 0.279. The third kappa shape index (κ3) is 35.5. The molecule has 0 radical (unpaired) electrons. The lowest BCUT2D eigenvalue weighted by Crippen LogP contribution is -2.40. The van der Waals surface area contributed by atoms with E-state index in [1.807, 2.05) is 69.3 Å². The van der Waals surface area contributed by atoms with Gasteiger partial charge in [-0.15, -0.1) is 0 Å². The normalized spacial score (nSPS) is 12.4. The number of piperidine rings is 2. The van der Waals surface area contributed by atoms with Gasteiger partial charge in [-0.05, 0) is 232 Å². The first-order chi connectivity index (χ1) is 68.5. The molecule has 11 heterocycles. The number of aliphatic hydroxyl groups excluding tert-OH is 2. The molecule has 14 aromatic rings. The van der Waals surface area contributed by atoms with Gasteiger partial charge in [0.2, 0.25) is 0 Å². The molecule has 2 saturated heterocycles. The van der Waals surface area contributed by atoms with Crippen LogP contribution in [0, 0.1) is 0 Å². The van der Waals surface area contributed by atoms with Crippen molar-refractivity contribution in [2.24, 2.45) is 0 Å². The zero-order chi connectivity index (χ0) is 106. The van der Waals surface area contributed by atoms with E-state index in [9.17, 15) is 29.1 Å². The quantitative estimate of drug-likeness (QED) is 0.0165. The van der Waals surface area contributed by atoms with Crippen LogP contribution in [0.4, 0.5) is 0 Å². The van der Waals surface area contributed by atoms with Crippen molar-refractivity contribution in [1.82, 2.24) is 80.0 Å². The Labute approximate surface area is 892 Å². The van der Waals surface area contributed by atoms with E-state index in [0.717, 1.165) is 86.7 Å². The fourth-order valence-corrected chi connectivity index (χ4v) is 15.9. The third-order valence-electron chi connectivity index (χ3n) is 21.5.